The van der Waals surface area contributed by atoms with Crippen molar-refractivity contribution in [2.24, 2.45) is 0 Å². The predicted octanol–water partition coefficient (Wildman–Crippen LogP) is 13.9. The monoisotopic (exact) mass is 765 g/mol. The first-order valence-corrected chi connectivity index (χ1v) is 20.3. The van der Waals surface area contributed by atoms with Crippen LogP contribution in [0.15, 0.2) is 212 Å². The topological polar surface area (TPSA) is 48.5 Å². The normalized spacial score (nSPS) is 11.7. The molecule has 3 heterocycles. The number of hydrogen-bond acceptors (Lipinski definition) is 3. The summed E-state index contributed by atoms with van der Waals surface area (Å²) in [6.45, 7) is 0. The molecule has 0 unspecified atom stereocenters. The van der Waals surface area contributed by atoms with Crippen LogP contribution in [0.3, 0.4) is 0 Å². The Labute approximate surface area is 346 Å². The maximum absolute atomic E-state index is 5.10. The van der Waals surface area contributed by atoms with Crippen LogP contribution in [-0.4, -0.2) is 24.1 Å². The summed E-state index contributed by atoms with van der Waals surface area (Å²) in [6.07, 6.45) is 0. The molecule has 0 saturated heterocycles. The van der Waals surface area contributed by atoms with Crippen LogP contribution >= 0.6 is 0 Å². The Morgan fingerprint density at radius 1 is 0.300 bits per heavy atom. The first-order chi connectivity index (χ1) is 29.7. The van der Waals surface area contributed by atoms with Gasteiger partial charge in [0.25, 0.3) is 0 Å². The van der Waals surface area contributed by atoms with Crippen LogP contribution in [0.25, 0.3) is 111 Å². The maximum atomic E-state index is 5.10. The van der Waals surface area contributed by atoms with E-state index in [0.29, 0.717) is 17.6 Å². The summed E-state index contributed by atoms with van der Waals surface area (Å²) in [6, 6.07) is 75.3. The second-order valence-electron chi connectivity index (χ2n) is 15.3. The Balaban J connectivity index is 0.964. The highest BCUT2D eigenvalue weighted by Gasteiger charge is 2.19. The Bertz CT molecular complexity index is 3530. The minimum absolute atomic E-state index is 0.587. The molecule has 0 aliphatic carbocycles. The lowest BCUT2D eigenvalue weighted by Crippen LogP contribution is -2.06. The second-order valence-corrected chi connectivity index (χ2v) is 15.3. The molecule has 12 aromatic rings. The van der Waals surface area contributed by atoms with E-state index in [9.17, 15) is 0 Å². The average molecular weight is 766 g/mol. The number of fused-ring (bicyclic) bond motifs is 7. The van der Waals surface area contributed by atoms with Gasteiger partial charge in [-0.25, -0.2) is 4.98 Å². The Morgan fingerprint density at radius 3 is 1.52 bits per heavy atom. The van der Waals surface area contributed by atoms with Crippen molar-refractivity contribution in [3.63, 3.8) is 0 Å². The number of rotatable bonds is 6. The number of hydrogen-bond donors (Lipinski definition) is 0. The molecule has 0 fully saturated rings. The summed E-state index contributed by atoms with van der Waals surface area (Å²) in [5.41, 5.74) is 12.3. The van der Waals surface area contributed by atoms with E-state index in [4.69, 9.17) is 15.0 Å². The quantitative estimate of drug-likeness (QED) is 0.169. The molecule has 0 N–H and O–H groups in total. The van der Waals surface area contributed by atoms with E-state index in [-0.39, 0.29) is 0 Å². The van der Waals surface area contributed by atoms with E-state index in [1.54, 1.807) is 0 Å². The molecule has 60 heavy (non-hydrogen) atoms. The fourth-order valence-electron chi connectivity index (χ4n) is 8.97. The molecule has 280 valence electrons. The number of para-hydroxylation sites is 3. The van der Waals surface area contributed by atoms with Gasteiger partial charge in [0.05, 0.1) is 22.1 Å². The van der Waals surface area contributed by atoms with Crippen LogP contribution in [0.1, 0.15) is 0 Å². The second kappa shape index (κ2) is 13.8. The van der Waals surface area contributed by atoms with Crippen molar-refractivity contribution >= 4 is 54.4 Å². The average Bonchev–Trinajstić information content (AvgIpc) is 3.85. The van der Waals surface area contributed by atoms with Gasteiger partial charge in [-0.15, -0.1) is 0 Å². The molecule has 0 radical (unpaired) electrons. The molecule has 5 nitrogen and oxygen atoms in total. The van der Waals surface area contributed by atoms with E-state index >= 15 is 0 Å². The van der Waals surface area contributed by atoms with Gasteiger partial charge in [-0.3, -0.25) is 4.57 Å². The van der Waals surface area contributed by atoms with Crippen molar-refractivity contribution in [1.29, 1.82) is 0 Å². The van der Waals surface area contributed by atoms with E-state index in [1.807, 2.05) is 60.7 Å². The van der Waals surface area contributed by atoms with Crippen molar-refractivity contribution in [2.75, 3.05) is 0 Å². The number of aromatic nitrogens is 5. The highest BCUT2D eigenvalue weighted by atomic mass is 15.2. The molecule has 9 aromatic carbocycles. The molecule has 0 aliphatic heterocycles. The lowest BCUT2D eigenvalue weighted by atomic mass is 9.95. The number of nitrogens with zero attached hydrogens (tertiary/aromatic N) is 5. The third-order valence-corrected chi connectivity index (χ3v) is 11.8. The van der Waals surface area contributed by atoms with Gasteiger partial charge in [0, 0.05) is 38.4 Å². The van der Waals surface area contributed by atoms with Crippen molar-refractivity contribution in [2.45, 2.75) is 0 Å². The smallest absolute Gasteiger partial charge is 0.238 e. The summed E-state index contributed by atoms with van der Waals surface area (Å²) in [7, 11) is 0. The molecule has 5 heteroatoms. The van der Waals surface area contributed by atoms with Gasteiger partial charge < -0.3 is 4.57 Å². The molecule has 0 spiro atoms. The first kappa shape index (κ1) is 33.9. The summed E-state index contributed by atoms with van der Waals surface area (Å²) < 4.78 is 4.55. The van der Waals surface area contributed by atoms with Crippen molar-refractivity contribution in [1.82, 2.24) is 24.1 Å². The minimum atomic E-state index is 0.587. The van der Waals surface area contributed by atoms with Gasteiger partial charge in [-0.05, 0) is 87.6 Å². The molecular formula is C55H35N5. The zero-order valence-electron chi connectivity index (χ0n) is 32.4. The molecule has 3 aromatic heterocycles. The fraction of sp³-hybridized carbons (Fsp3) is 0. The van der Waals surface area contributed by atoms with E-state index in [1.165, 1.54) is 49.3 Å². The van der Waals surface area contributed by atoms with E-state index in [2.05, 4.69) is 161 Å². The van der Waals surface area contributed by atoms with Gasteiger partial charge >= 0.3 is 0 Å². The van der Waals surface area contributed by atoms with Gasteiger partial charge in [0.15, 0.2) is 11.6 Å². The summed E-state index contributed by atoms with van der Waals surface area (Å²) in [4.78, 5) is 15.1. The SMILES string of the molecule is c1ccc(-c2nc(-c3ccccc3)nc(-n3c4ccccc4c4cc(-c5ccc6cc(-c7cccc8c7c7ccccc7n8-c7ccccc7)ccc6c5)ccc43)n2)cc1. The standard InChI is InChI=1S/C55H35N5/c1-4-15-36(16-5-1)53-56-54(37-17-6-2-7-18-37)58-55(57-53)60-48-24-12-10-21-45(48)47-35-41(31-32-50(47)60)39-27-28-40-34-42(30-29-38(40)33-39)44-23-14-26-51-52(44)46-22-11-13-25-49(46)59(51)43-19-8-3-9-20-43/h1-35H. The minimum Gasteiger partial charge on any atom is -0.309 e. The lowest BCUT2D eigenvalue weighted by Gasteiger charge is -2.11. The summed E-state index contributed by atoms with van der Waals surface area (Å²) >= 11 is 0. The summed E-state index contributed by atoms with van der Waals surface area (Å²) in [5, 5.41) is 7.21. The molecular weight excluding hydrogens is 731 g/mol. The van der Waals surface area contributed by atoms with Gasteiger partial charge in [0.2, 0.25) is 5.95 Å². The zero-order valence-corrected chi connectivity index (χ0v) is 32.4. The molecule has 0 bridgehead atoms. The van der Waals surface area contributed by atoms with Gasteiger partial charge in [-0.1, -0.05) is 158 Å². The maximum Gasteiger partial charge on any atom is 0.238 e. The first-order valence-electron chi connectivity index (χ1n) is 20.3. The van der Waals surface area contributed by atoms with Crippen LogP contribution in [-0.2, 0) is 0 Å². The van der Waals surface area contributed by atoms with Crippen molar-refractivity contribution in [3.8, 4) is 56.7 Å². The predicted molar refractivity (Wildman–Crippen MR) is 248 cm³/mol. The Morgan fingerprint density at radius 2 is 0.817 bits per heavy atom. The van der Waals surface area contributed by atoms with Crippen LogP contribution in [0.5, 0.6) is 0 Å². The highest BCUT2D eigenvalue weighted by molar-refractivity contribution is 6.16. The van der Waals surface area contributed by atoms with Crippen molar-refractivity contribution < 1.29 is 0 Å². The molecule has 0 atom stereocenters. The Hall–Kier alpha value is -8.15. The van der Waals surface area contributed by atoms with Crippen LogP contribution < -0.4 is 0 Å². The van der Waals surface area contributed by atoms with Crippen LogP contribution in [0, 0.1) is 0 Å². The lowest BCUT2D eigenvalue weighted by molar-refractivity contribution is 0.953. The zero-order chi connectivity index (χ0) is 39.6. The molecule has 0 aliphatic rings. The molecule has 12 rings (SSSR count). The van der Waals surface area contributed by atoms with Gasteiger partial charge in [-0.2, -0.15) is 9.97 Å². The third-order valence-electron chi connectivity index (χ3n) is 11.8. The fourth-order valence-corrected chi connectivity index (χ4v) is 8.97. The third kappa shape index (κ3) is 5.52. The van der Waals surface area contributed by atoms with Crippen molar-refractivity contribution in [3.05, 3.63) is 212 Å². The van der Waals surface area contributed by atoms with E-state index < -0.39 is 0 Å². The molecule has 0 amide bonds. The summed E-state index contributed by atoms with van der Waals surface area (Å²) in [5.74, 6) is 1.86. The van der Waals surface area contributed by atoms with E-state index in [0.717, 1.165) is 44.2 Å². The molecule has 0 saturated carbocycles. The van der Waals surface area contributed by atoms with Crippen LogP contribution in [0.4, 0.5) is 0 Å². The largest absolute Gasteiger partial charge is 0.309 e. The highest BCUT2D eigenvalue weighted by Crippen LogP contribution is 2.40. The van der Waals surface area contributed by atoms with Gasteiger partial charge in [0.1, 0.15) is 0 Å². The van der Waals surface area contributed by atoms with Crippen LogP contribution in [0.2, 0.25) is 0 Å². The number of benzene rings is 9. The Kier molecular flexibility index (Phi) is 7.78.